The zero-order valence-corrected chi connectivity index (χ0v) is 8.96. The van der Waals surface area contributed by atoms with Crippen LogP contribution in [0.5, 0.6) is 0 Å². The van der Waals surface area contributed by atoms with Gasteiger partial charge in [0, 0.05) is 31.0 Å². The number of rotatable bonds is 3. The van der Waals surface area contributed by atoms with Gasteiger partial charge >= 0.3 is 0 Å². The van der Waals surface area contributed by atoms with Gasteiger partial charge < -0.3 is 10.6 Å². The van der Waals surface area contributed by atoms with Crippen molar-refractivity contribution in [2.45, 2.75) is 26.3 Å². The molecule has 0 amide bonds. The van der Waals surface area contributed by atoms with Gasteiger partial charge in [0.2, 0.25) is 0 Å². The van der Waals surface area contributed by atoms with E-state index in [4.69, 9.17) is 0 Å². The average Bonchev–Trinajstić information content (AvgIpc) is 2.74. The van der Waals surface area contributed by atoms with Crippen LogP contribution in [0.2, 0.25) is 0 Å². The van der Waals surface area contributed by atoms with E-state index in [1.807, 2.05) is 25.4 Å². The Morgan fingerprint density at radius 3 is 2.79 bits per heavy atom. The first kappa shape index (κ1) is 9.31. The summed E-state index contributed by atoms with van der Waals surface area (Å²) in [6.45, 7) is 4.57. The third-order valence-corrected chi connectivity index (χ3v) is 2.87. The molecule has 2 N–H and O–H groups in total. The van der Waals surface area contributed by atoms with E-state index >= 15 is 0 Å². The Balaban J connectivity index is 2.03. The van der Waals surface area contributed by atoms with Crippen LogP contribution < -0.4 is 10.6 Å². The molecule has 1 aliphatic carbocycles. The van der Waals surface area contributed by atoms with E-state index in [1.165, 1.54) is 6.42 Å². The fourth-order valence-electron chi connectivity index (χ4n) is 1.57. The molecule has 1 atom stereocenters. The lowest BCUT2D eigenvalue weighted by Crippen LogP contribution is -2.08. The molecule has 0 spiro atoms. The first-order valence-corrected chi connectivity index (χ1v) is 5.02. The van der Waals surface area contributed by atoms with Crippen LogP contribution >= 0.6 is 0 Å². The van der Waals surface area contributed by atoms with Crippen LogP contribution in [0, 0.1) is 5.41 Å². The largest absolute Gasteiger partial charge is 0.382 e. The van der Waals surface area contributed by atoms with Crippen molar-refractivity contribution in [2.24, 2.45) is 5.41 Å². The Hall–Kier alpha value is -1.25. The predicted octanol–water partition coefficient (Wildman–Crippen LogP) is 2.33. The lowest BCUT2D eigenvalue weighted by Gasteiger charge is -2.08. The first-order chi connectivity index (χ1) is 6.62. The fraction of sp³-hybridized carbons (Fsp3) is 0.545. The topological polar surface area (TPSA) is 37.0 Å². The smallest absolute Gasteiger partial charge is 0.127 e. The Morgan fingerprint density at radius 1 is 1.50 bits per heavy atom. The molecule has 3 heteroatoms. The van der Waals surface area contributed by atoms with Gasteiger partial charge in [0.1, 0.15) is 5.82 Å². The summed E-state index contributed by atoms with van der Waals surface area (Å²) in [7, 11) is 1.88. The molecule has 1 unspecified atom stereocenters. The Labute approximate surface area is 84.9 Å². The first-order valence-electron chi connectivity index (χ1n) is 5.02. The number of nitrogens with zero attached hydrogens (tertiary/aromatic N) is 1. The highest BCUT2D eigenvalue weighted by atomic mass is 15.0. The molecule has 1 heterocycles. The minimum absolute atomic E-state index is 0.461. The van der Waals surface area contributed by atoms with Crippen molar-refractivity contribution < 1.29 is 0 Å². The molecule has 76 valence electrons. The van der Waals surface area contributed by atoms with Crippen LogP contribution in [0.15, 0.2) is 18.3 Å². The van der Waals surface area contributed by atoms with Gasteiger partial charge in [0.15, 0.2) is 0 Å². The van der Waals surface area contributed by atoms with Crippen LogP contribution in [0.3, 0.4) is 0 Å². The van der Waals surface area contributed by atoms with E-state index in [1.54, 1.807) is 0 Å². The van der Waals surface area contributed by atoms with E-state index in [-0.39, 0.29) is 0 Å². The Bertz CT molecular complexity index is 333. The number of nitrogens with one attached hydrogen (secondary N) is 2. The predicted molar refractivity (Wildman–Crippen MR) is 59.6 cm³/mol. The second-order valence-corrected chi connectivity index (χ2v) is 4.57. The zero-order chi connectivity index (χ0) is 10.2. The maximum absolute atomic E-state index is 4.17. The van der Waals surface area contributed by atoms with Crippen LogP contribution in [0.4, 0.5) is 11.5 Å². The van der Waals surface area contributed by atoms with E-state index in [2.05, 4.69) is 29.5 Å². The number of anilines is 2. The van der Waals surface area contributed by atoms with Crippen molar-refractivity contribution in [3.8, 4) is 0 Å². The third-order valence-electron chi connectivity index (χ3n) is 2.87. The Kier molecular flexibility index (Phi) is 2.10. The van der Waals surface area contributed by atoms with Crippen molar-refractivity contribution in [3.05, 3.63) is 18.3 Å². The summed E-state index contributed by atoms with van der Waals surface area (Å²) < 4.78 is 0. The summed E-state index contributed by atoms with van der Waals surface area (Å²) in [5, 5.41) is 6.53. The highest BCUT2D eigenvalue weighted by Crippen LogP contribution is 2.46. The number of hydrogen-bond acceptors (Lipinski definition) is 3. The van der Waals surface area contributed by atoms with Crippen molar-refractivity contribution in [2.75, 3.05) is 17.7 Å². The zero-order valence-electron chi connectivity index (χ0n) is 8.96. The standard InChI is InChI=1S/C11H17N3/c1-11(2)7-9(11)14-8-4-5-13-10(6-8)12-3/h4-6,9H,7H2,1-3H3,(H2,12,13,14). The average molecular weight is 191 g/mol. The van der Waals surface area contributed by atoms with Crippen molar-refractivity contribution in [1.29, 1.82) is 0 Å². The summed E-state index contributed by atoms with van der Waals surface area (Å²) in [5.74, 6) is 0.911. The summed E-state index contributed by atoms with van der Waals surface area (Å²) in [6, 6.07) is 4.67. The van der Waals surface area contributed by atoms with Gasteiger partial charge in [-0.1, -0.05) is 13.8 Å². The minimum Gasteiger partial charge on any atom is -0.382 e. The molecule has 1 aliphatic rings. The molecular weight excluding hydrogens is 174 g/mol. The number of hydrogen-bond donors (Lipinski definition) is 2. The van der Waals surface area contributed by atoms with Gasteiger partial charge in [0.05, 0.1) is 0 Å². The molecule has 0 radical (unpaired) electrons. The highest BCUT2D eigenvalue weighted by Gasteiger charge is 2.45. The van der Waals surface area contributed by atoms with Crippen molar-refractivity contribution in [3.63, 3.8) is 0 Å². The molecule has 1 aromatic heterocycles. The lowest BCUT2D eigenvalue weighted by atomic mass is 10.2. The minimum atomic E-state index is 0.461. The van der Waals surface area contributed by atoms with Crippen molar-refractivity contribution in [1.82, 2.24) is 4.98 Å². The molecule has 1 fully saturated rings. The van der Waals surface area contributed by atoms with E-state index in [9.17, 15) is 0 Å². The Morgan fingerprint density at radius 2 is 2.21 bits per heavy atom. The summed E-state index contributed by atoms with van der Waals surface area (Å²) in [4.78, 5) is 4.17. The van der Waals surface area contributed by atoms with Crippen molar-refractivity contribution >= 4 is 11.5 Å². The second-order valence-electron chi connectivity index (χ2n) is 4.57. The quantitative estimate of drug-likeness (QED) is 0.770. The summed E-state index contributed by atoms with van der Waals surface area (Å²) >= 11 is 0. The molecule has 3 nitrogen and oxygen atoms in total. The molecule has 0 saturated heterocycles. The maximum Gasteiger partial charge on any atom is 0.127 e. The van der Waals surface area contributed by atoms with Gasteiger partial charge in [-0.25, -0.2) is 4.98 Å². The van der Waals surface area contributed by atoms with Gasteiger partial charge in [-0.05, 0) is 17.9 Å². The maximum atomic E-state index is 4.17. The number of pyridine rings is 1. The summed E-state index contributed by atoms with van der Waals surface area (Å²) in [5.41, 5.74) is 1.61. The second kappa shape index (κ2) is 3.15. The molecule has 1 saturated carbocycles. The molecule has 14 heavy (non-hydrogen) atoms. The molecule has 0 aliphatic heterocycles. The number of aromatic nitrogens is 1. The monoisotopic (exact) mass is 191 g/mol. The molecule has 1 aromatic rings. The molecule has 2 rings (SSSR count). The lowest BCUT2D eigenvalue weighted by molar-refractivity contribution is 0.630. The summed E-state index contributed by atoms with van der Waals surface area (Å²) in [6.07, 6.45) is 3.08. The fourth-order valence-corrected chi connectivity index (χ4v) is 1.57. The van der Waals surface area contributed by atoms with Gasteiger partial charge in [-0.15, -0.1) is 0 Å². The highest BCUT2D eigenvalue weighted by molar-refractivity contribution is 5.53. The third kappa shape index (κ3) is 1.81. The van der Waals surface area contributed by atoms with Crippen LogP contribution in [-0.2, 0) is 0 Å². The molecule has 0 bridgehead atoms. The normalized spacial score (nSPS) is 22.9. The van der Waals surface area contributed by atoms with E-state index in [0.29, 0.717) is 11.5 Å². The van der Waals surface area contributed by atoms with E-state index in [0.717, 1.165) is 11.5 Å². The van der Waals surface area contributed by atoms with Crippen LogP contribution in [0.1, 0.15) is 20.3 Å². The van der Waals surface area contributed by atoms with Gasteiger partial charge in [-0.3, -0.25) is 0 Å². The van der Waals surface area contributed by atoms with Crippen LogP contribution in [0.25, 0.3) is 0 Å². The van der Waals surface area contributed by atoms with Gasteiger partial charge in [-0.2, -0.15) is 0 Å². The molecule has 0 aromatic carbocycles. The van der Waals surface area contributed by atoms with E-state index < -0.39 is 0 Å². The molecular formula is C11H17N3. The SMILES string of the molecule is CNc1cc(NC2CC2(C)C)ccn1. The van der Waals surface area contributed by atoms with Gasteiger partial charge in [0.25, 0.3) is 0 Å². The van der Waals surface area contributed by atoms with Crippen LogP contribution in [-0.4, -0.2) is 18.1 Å².